The maximum absolute atomic E-state index is 12.5. The molecule has 3 fully saturated rings. The first-order valence-corrected chi connectivity index (χ1v) is 4.76. The van der Waals surface area contributed by atoms with Gasteiger partial charge in [0, 0.05) is 6.04 Å². The third kappa shape index (κ3) is 0.987. The Hall–Kier alpha value is -0.180. The highest BCUT2D eigenvalue weighted by Gasteiger charge is 2.53. The topological polar surface area (TPSA) is 3.24 Å². The van der Waals surface area contributed by atoms with Gasteiger partial charge in [0.15, 0.2) is 0 Å². The minimum atomic E-state index is -2.37. The van der Waals surface area contributed by atoms with Gasteiger partial charge < -0.3 is 0 Å². The standard InChI is InChI=1S/C9H13F2N/c10-9(11)4-12(5-9)8-2-6-1-7(6)3-8/h6-8H,1-5H2/t6-,7?,8?/m1/s1. The number of rotatable bonds is 1. The molecule has 12 heavy (non-hydrogen) atoms. The number of fused-ring (bicyclic) bond motifs is 1. The molecule has 3 heteroatoms. The van der Waals surface area contributed by atoms with Crippen LogP contribution in [0.5, 0.6) is 0 Å². The van der Waals surface area contributed by atoms with Crippen molar-refractivity contribution in [1.82, 2.24) is 4.90 Å². The molecule has 0 aromatic rings. The Morgan fingerprint density at radius 2 is 1.58 bits per heavy atom. The second-order valence-electron chi connectivity index (χ2n) is 4.64. The van der Waals surface area contributed by atoms with Gasteiger partial charge in [-0.3, -0.25) is 4.90 Å². The van der Waals surface area contributed by atoms with Gasteiger partial charge in [-0.25, -0.2) is 8.78 Å². The molecule has 1 aliphatic heterocycles. The molecule has 0 amide bonds. The van der Waals surface area contributed by atoms with Crippen LogP contribution in [0.25, 0.3) is 0 Å². The van der Waals surface area contributed by atoms with Crippen LogP contribution < -0.4 is 0 Å². The quantitative estimate of drug-likeness (QED) is 0.583. The number of hydrogen-bond acceptors (Lipinski definition) is 1. The number of likely N-dealkylation sites (tertiary alicyclic amines) is 1. The molecule has 0 aromatic heterocycles. The van der Waals surface area contributed by atoms with Gasteiger partial charge in [-0.1, -0.05) is 0 Å². The fraction of sp³-hybridized carbons (Fsp3) is 1.00. The lowest BCUT2D eigenvalue weighted by atomic mass is 10.0. The molecule has 2 unspecified atom stereocenters. The molecule has 0 spiro atoms. The summed E-state index contributed by atoms with van der Waals surface area (Å²) in [4.78, 5) is 1.96. The van der Waals surface area contributed by atoms with Crippen LogP contribution in [0.1, 0.15) is 19.3 Å². The summed E-state index contributed by atoms with van der Waals surface area (Å²) in [6, 6.07) is 0.508. The van der Waals surface area contributed by atoms with E-state index in [0.717, 1.165) is 11.8 Å². The molecular weight excluding hydrogens is 160 g/mol. The van der Waals surface area contributed by atoms with Crippen molar-refractivity contribution in [3.05, 3.63) is 0 Å². The fourth-order valence-electron chi connectivity index (χ4n) is 2.79. The van der Waals surface area contributed by atoms with E-state index in [1.165, 1.54) is 19.3 Å². The molecule has 0 radical (unpaired) electrons. The smallest absolute Gasteiger partial charge is 0.272 e. The Kier molecular flexibility index (Phi) is 1.21. The normalized spacial score (nSPS) is 50.0. The predicted octanol–water partition coefficient (Wildman–Crippen LogP) is 1.74. The molecule has 2 aliphatic carbocycles. The van der Waals surface area contributed by atoms with Crippen LogP contribution in [-0.4, -0.2) is 30.0 Å². The van der Waals surface area contributed by atoms with Crippen LogP contribution in [0.15, 0.2) is 0 Å². The van der Waals surface area contributed by atoms with Gasteiger partial charge in [0.25, 0.3) is 5.92 Å². The van der Waals surface area contributed by atoms with Gasteiger partial charge in [0.2, 0.25) is 0 Å². The Labute approximate surface area is 70.7 Å². The van der Waals surface area contributed by atoms with Crippen molar-refractivity contribution < 1.29 is 8.78 Å². The lowest BCUT2D eigenvalue weighted by Crippen LogP contribution is -2.59. The van der Waals surface area contributed by atoms with Gasteiger partial charge in [-0.2, -0.15) is 0 Å². The van der Waals surface area contributed by atoms with E-state index >= 15 is 0 Å². The zero-order valence-corrected chi connectivity index (χ0v) is 6.97. The number of halogens is 2. The van der Waals surface area contributed by atoms with Gasteiger partial charge in [0.05, 0.1) is 13.1 Å². The zero-order chi connectivity index (χ0) is 8.34. The first-order valence-electron chi connectivity index (χ1n) is 4.76. The summed E-state index contributed by atoms with van der Waals surface area (Å²) in [6.45, 7) is 0.0498. The fourth-order valence-corrected chi connectivity index (χ4v) is 2.79. The molecule has 3 atom stereocenters. The van der Waals surface area contributed by atoms with E-state index in [1.807, 2.05) is 4.90 Å². The van der Waals surface area contributed by atoms with Crippen LogP contribution >= 0.6 is 0 Å². The first-order chi connectivity index (χ1) is 5.64. The molecule has 68 valence electrons. The molecular formula is C9H13F2N. The highest BCUT2D eigenvalue weighted by molar-refractivity contribution is 5.03. The monoisotopic (exact) mass is 173 g/mol. The average molecular weight is 173 g/mol. The molecule has 1 saturated heterocycles. The van der Waals surface area contributed by atoms with Crippen molar-refractivity contribution in [1.29, 1.82) is 0 Å². The van der Waals surface area contributed by atoms with Crippen molar-refractivity contribution in [2.75, 3.05) is 13.1 Å². The number of hydrogen-bond donors (Lipinski definition) is 0. The maximum Gasteiger partial charge on any atom is 0.272 e. The zero-order valence-electron chi connectivity index (χ0n) is 6.97. The van der Waals surface area contributed by atoms with Crippen molar-refractivity contribution in [2.45, 2.75) is 31.2 Å². The molecule has 0 bridgehead atoms. The predicted molar refractivity (Wildman–Crippen MR) is 41.1 cm³/mol. The Balaban J connectivity index is 1.56. The van der Waals surface area contributed by atoms with Gasteiger partial charge >= 0.3 is 0 Å². The summed E-state index contributed by atoms with van der Waals surface area (Å²) in [5.41, 5.74) is 0. The van der Waals surface area contributed by atoms with E-state index in [4.69, 9.17) is 0 Å². The molecule has 1 nitrogen and oxygen atoms in total. The third-order valence-electron chi connectivity index (χ3n) is 3.60. The van der Waals surface area contributed by atoms with Crippen molar-refractivity contribution in [2.24, 2.45) is 11.8 Å². The SMILES string of the molecule is FC1(F)CN(C2CC3C[C@@H]3C2)C1. The summed E-state index contributed by atoms with van der Waals surface area (Å²) in [5.74, 6) is -0.555. The third-order valence-corrected chi connectivity index (χ3v) is 3.60. The van der Waals surface area contributed by atoms with Crippen LogP contribution in [-0.2, 0) is 0 Å². The Morgan fingerprint density at radius 3 is 2.08 bits per heavy atom. The Morgan fingerprint density at radius 1 is 1.00 bits per heavy atom. The summed E-state index contributed by atoms with van der Waals surface area (Å²) >= 11 is 0. The molecule has 2 saturated carbocycles. The molecule has 3 aliphatic rings. The van der Waals surface area contributed by atoms with Crippen LogP contribution in [0.4, 0.5) is 8.78 Å². The Bertz CT molecular complexity index is 199. The highest BCUT2D eigenvalue weighted by atomic mass is 19.3. The maximum atomic E-state index is 12.5. The van der Waals surface area contributed by atoms with E-state index in [9.17, 15) is 8.78 Å². The van der Waals surface area contributed by atoms with E-state index in [-0.39, 0.29) is 13.1 Å². The molecule has 3 rings (SSSR count). The van der Waals surface area contributed by atoms with E-state index in [0.29, 0.717) is 6.04 Å². The second-order valence-corrected chi connectivity index (χ2v) is 4.64. The minimum Gasteiger partial charge on any atom is -0.288 e. The minimum absolute atomic E-state index is 0.0249. The highest BCUT2D eigenvalue weighted by Crippen LogP contribution is 2.54. The lowest BCUT2D eigenvalue weighted by molar-refractivity contribution is -0.146. The molecule has 0 aromatic carbocycles. The van der Waals surface area contributed by atoms with Crippen LogP contribution in [0, 0.1) is 11.8 Å². The van der Waals surface area contributed by atoms with Gasteiger partial charge in [0.1, 0.15) is 0 Å². The summed E-state index contributed by atoms with van der Waals surface area (Å²) < 4.78 is 25.0. The molecule has 0 N–H and O–H groups in total. The molecule has 1 heterocycles. The lowest BCUT2D eigenvalue weighted by Gasteiger charge is -2.43. The van der Waals surface area contributed by atoms with Gasteiger partial charge in [-0.15, -0.1) is 0 Å². The van der Waals surface area contributed by atoms with Crippen molar-refractivity contribution >= 4 is 0 Å². The second kappa shape index (κ2) is 2.00. The summed E-state index contributed by atoms with van der Waals surface area (Å²) in [7, 11) is 0. The van der Waals surface area contributed by atoms with Gasteiger partial charge in [-0.05, 0) is 31.1 Å². The van der Waals surface area contributed by atoms with Crippen LogP contribution in [0.2, 0.25) is 0 Å². The van der Waals surface area contributed by atoms with E-state index in [1.54, 1.807) is 0 Å². The first kappa shape index (κ1) is 7.25. The van der Waals surface area contributed by atoms with E-state index in [2.05, 4.69) is 0 Å². The summed E-state index contributed by atoms with van der Waals surface area (Å²) in [5, 5.41) is 0. The number of alkyl halides is 2. The van der Waals surface area contributed by atoms with Crippen LogP contribution in [0.3, 0.4) is 0 Å². The largest absolute Gasteiger partial charge is 0.288 e. The average Bonchev–Trinajstić information content (AvgIpc) is 2.54. The van der Waals surface area contributed by atoms with E-state index < -0.39 is 5.92 Å². The summed E-state index contributed by atoms with van der Waals surface area (Å²) in [6.07, 6.45) is 3.77. The van der Waals surface area contributed by atoms with Crippen molar-refractivity contribution in [3.63, 3.8) is 0 Å². The van der Waals surface area contributed by atoms with Crippen molar-refractivity contribution in [3.8, 4) is 0 Å². The number of nitrogens with zero attached hydrogens (tertiary/aromatic N) is 1.